The fourth-order valence-electron chi connectivity index (χ4n) is 3.46. The van der Waals surface area contributed by atoms with Gasteiger partial charge >= 0.3 is 0 Å². The summed E-state index contributed by atoms with van der Waals surface area (Å²) in [4.78, 5) is 22.0. The number of hydrogen-bond acceptors (Lipinski definition) is 4. The van der Waals surface area contributed by atoms with Crippen LogP contribution in [-0.2, 0) is 6.54 Å². The Kier molecular flexibility index (Phi) is 4.70. The molecule has 4 rings (SSSR count). The molecule has 0 aliphatic carbocycles. The number of benzene rings is 1. The van der Waals surface area contributed by atoms with Crippen LogP contribution < -0.4 is 0 Å². The normalized spacial score (nSPS) is 15.5. The number of carbonyl (C=O) groups is 1. The second kappa shape index (κ2) is 7.13. The summed E-state index contributed by atoms with van der Waals surface area (Å²) >= 11 is 1.39. The molecule has 134 valence electrons. The molecule has 0 bridgehead atoms. The number of nitrogens with zero attached hydrogens (tertiary/aromatic N) is 3. The minimum atomic E-state index is -0.253. The molecule has 0 spiro atoms. The summed E-state index contributed by atoms with van der Waals surface area (Å²) < 4.78 is 14.9. The van der Waals surface area contributed by atoms with Crippen LogP contribution >= 0.6 is 11.3 Å². The lowest BCUT2D eigenvalue weighted by molar-refractivity contribution is 0.0632. The molecule has 0 saturated carbocycles. The largest absolute Gasteiger partial charge is 0.335 e. The van der Waals surface area contributed by atoms with Crippen molar-refractivity contribution >= 4 is 27.3 Å². The maximum Gasteiger partial charge on any atom is 0.264 e. The third-order valence-corrected chi connectivity index (χ3v) is 6.13. The molecule has 6 heteroatoms. The second-order valence-corrected chi connectivity index (χ2v) is 7.65. The lowest BCUT2D eigenvalue weighted by atomic mass is 10.1. The highest BCUT2D eigenvalue weighted by molar-refractivity contribution is 7.21. The Hall–Kier alpha value is -2.31. The Morgan fingerprint density at radius 2 is 2.00 bits per heavy atom. The van der Waals surface area contributed by atoms with Gasteiger partial charge in [-0.1, -0.05) is 12.1 Å². The van der Waals surface area contributed by atoms with Crippen LogP contribution in [0.5, 0.6) is 0 Å². The van der Waals surface area contributed by atoms with Crippen molar-refractivity contribution in [1.82, 2.24) is 14.8 Å². The molecule has 0 radical (unpaired) electrons. The standard InChI is InChI=1S/C20H20FN3OS/c1-14-18-16(21)5-2-6-17(18)26-19(14)20(25)24-10-8-23(9-11-24)13-15-4-3-7-22-12-15/h2-7,12H,8-11,13H2,1H3. The van der Waals surface area contributed by atoms with E-state index in [4.69, 9.17) is 0 Å². The van der Waals surface area contributed by atoms with Gasteiger partial charge in [-0.25, -0.2) is 4.39 Å². The van der Waals surface area contributed by atoms with Gasteiger partial charge < -0.3 is 4.90 Å². The van der Waals surface area contributed by atoms with Crippen molar-refractivity contribution in [3.63, 3.8) is 0 Å². The first-order valence-electron chi connectivity index (χ1n) is 8.71. The molecule has 1 aliphatic rings. The van der Waals surface area contributed by atoms with Crippen molar-refractivity contribution in [2.75, 3.05) is 26.2 Å². The van der Waals surface area contributed by atoms with E-state index in [1.165, 1.54) is 23.0 Å². The first-order valence-corrected chi connectivity index (χ1v) is 9.53. The number of aromatic nitrogens is 1. The topological polar surface area (TPSA) is 36.4 Å². The van der Waals surface area contributed by atoms with Gasteiger partial charge in [-0.15, -0.1) is 11.3 Å². The zero-order valence-electron chi connectivity index (χ0n) is 14.6. The van der Waals surface area contributed by atoms with Crippen molar-refractivity contribution in [3.05, 3.63) is 64.5 Å². The van der Waals surface area contributed by atoms with Gasteiger partial charge in [-0.2, -0.15) is 0 Å². The Labute approximate surface area is 155 Å². The van der Waals surface area contributed by atoms with E-state index in [0.717, 1.165) is 29.9 Å². The molecular weight excluding hydrogens is 349 g/mol. The highest BCUT2D eigenvalue weighted by Crippen LogP contribution is 2.33. The van der Waals surface area contributed by atoms with Gasteiger partial charge in [0, 0.05) is 55.2 Å². The summed E-state index contributed by atoms with van der Waals surface area (Å²) in [5.74, 6) is -0.235. The van der Waals surface area contributed by atoms with Crippen LogP contribution in [0.25, 0.3) is 10.1 Å². The van der Waals surface area contributed by atoms with E-state index in [0.29, 0.717) is 23.4 Å². The first kappa shape index (κ1) is 17.1. The second-order valence-electron chi connectivity index (χ2n) is 6.60. The molecule has 1 saturated heterocycles. The summed E-state index contributed by atoms with van der Waals surface area (Å²) in [6.07, 6.45) is 3.66. The molecule has 1 amide bonds. The minimum absolute atomic E-state index is 0.0177. The van der Waals surface area contributed by atoms with Crippen LogP contribution in [0.4, 0.5) is 4.39 Å². The average molecular weight is 369 g/mol. The molecule has 3 heterocycles. The number of hydrogen-bond donors (Lipinski definition) is 0. The maximum atomic E-state index is 14.1. The Bertz CT molecular complexity index is 933. The number of pyridine rings is 1. The van der Waals surface area contributed by atoms with Crippen molar-refractivity contribution in [1.29, 1.82) is 0 Å². The van der Waals surface area contributed by atoms with Crippen molar-refractivity contribution in [3.8, 4) is 0 Å². The summed E-state index contributed by atoms with van der Waals surface area (Å²) in [7, 11) is 0. The summed E-state index contributed by atoms with van der Waals surface area (Å²) in [6.45, 7) is 5.74. The number of carbonyl (C=O) groups excluding carboxylic acids is 1. The van der Waals surface area contributed by atoms with Crippen LogP contribution in [-0.4, -0.2) is 46.9 Å². The number of halogens is 1. The van der Waals surface area contributed by atoms with Crippen molar-refractivity contribution in [2.24, 2.45) is 0 Å². The van der Waals surface area contributed by atoms with Gasteiger partial charge in [0.15, 0.2) is 0 Å². The van der Waals surface area contributed by atoms with E-state index in [2.05, 4.69) is 16.0 Å². The predicted octanol–water partition coefficient (Wildman–Crippen LogP) is 3.70. The fraction of sp³-hybridized carbons (Fsp3) is 0.300. The Morgan fingerprint density at radius 1 is 1.19 bits per heavy atom. The van der Waals surface area contributed by atoms with E-state index in [1.54, 1.807) is 12.3 Å². The number of amides is 1. The molecule has 2 aromatic heterocycles. The van der Waals surface area contributed by atoms with E-state index in [1.807, 2.05) is 30.2 Å². The first-order chi connectivity index (χ1) is 12.6. The molecule has 1 aromatic carbocycles. The van der Waals surface area contributed by atoms with Crippen LogP contribution in [0.2, 0.25) is 0 Å². The average Bonchev–Trinajstić information content (AvgIpc) is 3.01. The van der Waals surface area contributed by atoms with Gasteiger partial charge in [0.1, 0.15) is 5.82 Å². The molecule has 1 aliphatic heterocycles. The van der Waals surface area contributed by atoms with Crippen LogP contribution in [0.3, 0.4) is 0 Å². The van der Waals surface area contributed by atoms with E-state index in [9.17, 15) is 9.18 Å². The number of rotatable bonds is 3. The SMILES string of the molecule is Cc1c(C(=O)N2CCN(Cc3cccnc3)CC2)sc2cccc(F)c12. The third-order valence-electron chi connectivity index (χ3n) is 4.89. The summed E-state index contributed by atoms with van der Waals surface area (Å²) in [5, 5.41) is 0.580. The molecule has 4 nitrogen and oxygen atoms in total. The van der Waals surface area contributed by atoms with Gasteiger partial charge in [0.25, 0.3) is 5.91 Å². The Balaban J connectivity index is 1.46. The van der Waals surface area contributed by atoms with Crippen LogP contribution in [0, 0.1) is 12.7 Å². The van der Waals surface area contributed by atoms with Gasteiger partial charge in [0.2, 0.25) is 0 Å². The molecule has 0 atom stereocenters. The molecule has 1 fully saturated rings. The molecule has 3 aromatic rings. The quantitative estimate of drug-likeness (QED) is 0.706. The Morgan fingerprint density at radius 3 is 2.69 bits per heavy atom. The van der Waals surface area contributed by atoms with E-state index >= 15 is 0 Å². The zero-order valence-corrected chi connectivity index (χ0v) is 15.4. The number of thiophene rings is 1. The van der Waals surface area contributed by atoms with E-state index < -0.39 is 0 Å². The number of aryl methyl sites for hydroxylation is 1. The third kappa shape index (κ3) is 3.22. The lowest BCUT2D eigenvalue weighted by Gasteiger charge is -2.34. The molecule has 0 N–H and O–H groups in total. The molecule has 26 heavy (non-hydrogen) atoms. The van der Waals surface area contributed by atoms with Crippen LogP contribution in [0.15, 0.2) is 42.7 Å². The number of fused-ring (bicyclic) bond motifs is 1. The minimum Gasteiger partial charge on any atom is -0.335 e. The van der Waals surface area contributed by atoms with Crippen molar-refractivity contribution < 1.29 is 9.18 Å². The smallest absolute Gasteiger partial charge is 0.264 e. The van der Waals surface area contributed by atoms with Gasteiger partial charge in [0.05, 0.1) is 4.88 Å². The fourth-order valence-corrected chi connectivity index (χ4v) is 4.65. The van der Waals surface area contributed by atoms with Crippen molar-refractivity contribution in [2.45, 2.75) is 13.5 Å². The highest BCUT2D eigenvalue weighted by Gasteiger charge is 2.26. The zero-order chi connectivity index (χ0) is 18.1. The van der Waals surface area contributed by atoms with Crippen LogP contribution in [0.1, 0.15) is 20.8 Å². The molecular formula is C20H20FN3OS. The summed E-state index contributed by atoms with van der Waals surface area (Å²) in [6, 6.07) is 9.03. The monoisotopic (exact) mass is 369 g/mol. The predicted molar refractivity (Wildman–Crippen MR) is 102 cm³/mol. The number of piperazine rings is 1. The van der Waals surface area contributed by atoms with Gasteiger partial charge in [-0.3, -0.25) is 14.7 Å². The van der Waals surface area contributed by atoms with E-state index in [-0.39, 0.29) is 11.7 Å². The summed E-state index contributed by atoms with van der Waals surface area (Å²) in [5.41, 5.74) is 1.94. The molecule has 0 unspecified atom stereocenters. The highest BCUT2D eigenvalue weighted by atomic mass is 32.1. The maximum absolute atomic E-state index is 14.1. The lowest BCUT2D eigenvalue weighted by Crippen LogP contribution is -2.48. The van der Waals surface area contributed by atoms with Gasteiger partial charge in [-0.05, 0) is 36.2 Å².